The molecule has 2 rings (SSSR count). The molecule has 1 saturated carbocycles. The van der Waals surface area contributed by atoms with Crippen molar-refractivity contribution in [2.24, 2.45) is 22.8 Å². The van der Waals surface area contributed by atoms with Gasteiger partial charge in [-0.15, -0.1) is 0 Å². The molecule has 1 aromatic rings. The van der Waals surface area contributed by atoms with Crippen LogP contribution in [0.5, 0.6) is 5.75 Å². The lowest BCUT2D eigenvalue weighted by Crippen LogP contribution is -2.50. The maximum atomic E-state index is 13.4. The van der Waals surface area contributed by atoms with Crippen LogP contribution in [0.15, 0.2) is 24.3 Å². The first-order valence-electron chi connectivity index (χ1n) is 12.4. The van der Waals surface area contributed by atoms with Crippen LogP contribution in [0.25, 0.3) is 0 Å². The Morgan fingerprint density at radius 1 is 1.00 bits per heavy atom. The number of carbonyl (C=O) groups excluding carboxylic acids is 2. The molecule has 1 aliphatic rings. The molecule has 1 fully saturated rings. The fraction of sp³-hybridized carbons (Fsp3) is 0.600. The molecule has 0 spiro atoms. The van der Waals surface area contributed by atoms with Crippen molar-refractivity contribution in [1.29, 1.82) is 0 Å². The number of carboxylic acid groups (broad SMARTS) is 2. The van der Waals surface area contributed by atoms with E-state index < -0.39 is 47.2 Å². The van der Waals surface area contributed by atoms with Crippen molar-refractivity contribution in [3.05, 3.63) is 29.8 Å². The summed E-state index contributed by atoms with van der Waals surface area (Å²) >= 11 is 0. The van der Waals surface area contributed by atoms with Crippen molar-refractivity contribution in [1.82, 2.24) is 10.6 Å². The first kappa shape index (κ1) is 29.1. The summed E-state index contributed by atoms with van der Waals surface area (Å²) in [4.78, 5) is 49.5. The Kier molecular flexibility index (Phi) is 11.1. The molecule has 9 N–H and O–H groups in total. The minimum absolute atomic E-state index is 0.0118. The van der Waals surface area contributed by atoms with Gasteiger partial charge in [-0.25, -0.2) is 4.79 Å². The summed E-state index contributed by atoms with van der Waals surface area (Å²) < 4.78 is 0. The normalized spacial score (nSPS) is 17.1. The average molecular weight is 507 g/mol. The van der Waals surface area contributed by atoms with E-state index in [9.17, 15) is 34.5 Å². The number of aromatic hydroxyl groups is 1. The van der Waals surface area contributed by atoms with Gasteiger partial charge in [0, 0.05) is 13.0 Å². The van der Waals surface area contributed by atoms with E-state index in [1.807, 2.05) is 0 Å². The number of aliphatic carboxylic acids is 2. The van der Waals surface area contributed by atoms with Gasteiger partial charge in [-0.1, -0.05) is 31.4 Å². The van der Waals surface area contributed by atoms with Crippen molar-refractivity contribution in [3.8, 4) is 5.75 Å². The SMILES string of the molecule is NCCCC[C@H](N)C(=O)NC[C@H](CC1(C(=O)N[C@@H](Cc2ccc(O)cc2)C(=O)O)CCCC1)C(=O)O. The Morgan fingerprint density at radius 2 is 1.64 bits per heavy atom. The number of rotatable bonds is 15. The number of hydrogen-bond acceptors (Lipinski definition) is 7. The van der Waals surface area contributed by atoms with Crippen LogP contribution in [0, 0.1) is 11.3 Å². The quantitative estimate of drug-likeness (QED) is 0.167. The van der Waals surface area contributed by atoms with Gasteiger partial charge in [0.05, 0.1) is 17.4 Å². The Balaban J connectivity index is 2.06. The summed E-state index contributed by atoms with van der Waals surface area (Å²) in [7, 11) is 0. The number of carboxylic acids is 2. The Bertz CT molecular complexity index is 900. The molecular formula is C25H38N4O7. The number of carbonyl (C=O) groups is 4. The molecule has 1 aromatic carbocycles. The van der Waals surface area contributed by atoms with Crippen LogP contribution in [0.3, 0.4) is 0 Å². The van der Waals surface area contributed by atoms with E-state index in [1.54, 1.807) is 12.1 Å². The predicted molar refractivity (Wildman–Crippen MR) is 132 cm³/mol. The zero-order valence-electron chi connectivity index (χ0n) is 20.4. The Labute approximate surface area is 210 Å². The summed E-state index contributed by atoms with van der Waals surface area (Å²) in [6, 6.07) is 4.04. The molecule has 36 heavy (non-hydrogen) atoms. The van der Waals surface area contributed by atoms with Gasteiger partial charge in [0.2, 0.25) is 11.8 Å². The number of unbranched alkanes of at least 4 members (excludes halogenated alkanes) is 1. The fourth-order valence-electron chi connectivity index (χ4n) is 4.67. The summed E-state index contributed by atoms with van der Waals surface area (Å²) in [6.45, 7) is 0.320. The molecule has 0 unspecified atom stereocenters. The van der Waals surface area contributed by atoms with E-state index in [1.165, 1.54) is 12.1 Å². The highest BCUT2D eigenvalue weighted by molar-refractivity contribution is 5.88. The Hall–Kier alpha value is -3.18. The van der Waals surface area contributed by atoms with Gasteiger partial charge in [0.15, 0.2) is 0 Å². The van der Waals surface area contributed by atoms with Crippen molar-refractivity contribution in [3.63, 3.8) is 0 Å². The molecule has 200 valence electrons. The highest BCUT2D eigenvalue weighted by Gasteiger charge is 2.45. The monoisotopic (exact) mass is 506 g/mol. The number of nitrogens with two attached hydrogens (primary N) is 2. The van der Waals surface area contributed by atoms with Gasteiger partial charge >= 0.3 is 11.9 Å². The van der Waals surface area contributed by atoms with Crippen molar-refractivity contribution < 1.29 is 34.5 Å². The summed E-state index contributed by atoms with van der Waals surface area (Å²) in [6.07, 6.45) is 4.14. The zero-order valence-corrected chi connectivity index (χ0v) is 20.4. The van der Waals surface area contributed by atoms with Gasteiger partial charge < -0.3 is 37.4 Å². The lowest BCUT2D eigenvalue weighted by molar-refractivity contribution is -0.147. The second-order valence-corrected chi connectivity index (χ2v) is 9.60. The van der Waals surface area contributed by atoms with Crippen molar-refractivity contribution in [2.45, 2.75) is 69.9 Å². The van der Waals surface area contributed by atoms with Gasteiger partial charge in [-0.3, -0.25) is 14.4 Å². The smallest absolute Gasteiger partial charge is 0.326 e. The van der Waals surface area contributed by atoms with Crippen LogP contribution in [-0.2, 0) is 25.6 Å². The number of phenolic OH excluding ortho intramolecular Hbond substituents is 1. The predicted octanol–water partition coefficient (Wildman–Crippen LogP) is 0.728. The first-order valence-corrected chi connectivity index (χ1v) is 12.4. The molecule has 0 aliphatic heterocycles. The lowest BCUT2D eigenvalue weighted by atomic mass is 9.76. The highest BCUT2D eigenvalue weighted by atomic mass is 16.4. The van der Waals surface area contributed by atoms with E-state index in [-0.39, 0.29) is 25.1 Å². The summed E-state index contributed by atoms with van der Waals surface area (Å²) in [5, 5.41) is 34.1. The van der Waals surface area contributed by atoms with Crippen LogP contribution in [-0.4, -0.2) is 64.2 Å². The molecule has 3 atom stereocenters. The minimum atomic E-state index is -1.21. The maximum Gasteiger partial charge on any atom is 0.326 e. The molecule has 0 aromatic heterocycles. The van der Waals surface area contributed by atoms with Crippen molar-refractivity contribution in [2.75, 3.05) is 13.1 Å². The summed E-state index contributed by atoms with van der Waals surface area (Å²) in [5.41, 5.74) is 10.9. The van der Waals surface area contributed by atoms with Crippen LogP contribution in [0.2, 0.25) is 0 Å². The molecule has 11 heteroatoms. The third kappa shape index (κ3) is 8.49. The number of benzene rings is 1. The lowest BCUT2D eigenvalue weighted by Gasteiger charge is -2.32. The van der Waals surface area contributed by atoms with E-state index in [4.69, 9.17) is 11.5 Å². The molecule has 0 bridgehead atoms. The third-order valence-electron chi connectivity index (χ3n) is 6.84. The second-order valence-electron chi connectivity index (χ2n) is 9.60. The molecular weight excluding hydrogens is 468 g/mol. The Morgan fingerprint density at radius 3 is 2.19 bits per heavy atom. The van der Waals surface area contributed by atoms with Gasteiger partial charge in [0.1, 0.15) is 11.8 Å². The second kappa shape index (κ2) is 13.8. The minimum Gasteiger partial charge on any atom is -0.508 e. The number of hydrogen-bond donors (Lipinski definition) is 7. The molecule has 2 amide bonds. The van der Waals surface area contributed by atoms with E-state index in [2.05, 4.69) is 10.6 Å². The van der Waals surface area contributed by atoms with E-state index in [0.717, 1.165) is 6.42 Å². The number of amides is 2. The van der Waals surface area contributed by atoms with Crippen LogP contribution in [0.4, 0.5) is 0 Å². The largest absolute Gasteiger partial charge is 0.508 e. The molecule has 0 radical (unpaired) electrons. The van der Waals surface area contributed by atoms with E-state index in [0.29, 0.717) is 50.6 Å². The number of phenols is 1. The van der Waals surface area contributed by atoms with Crippen LogP contribution >= 0.6 is 0 Å². The molecule has 1 aliphatic carbocycles. The topological polar surface area (TPSA) is 205 Å². The molecule has 11 nitrogen and oxygen atoms in total. The maximum absolute atomic E-state index is 13.4. The fourth-order valence-corrected chi connectivity index (χ4v) is 4.67. The average Bonchev–Trinajstić information content (AvgIpc) is 3.32. The highest BCUT2D eigenvalue weighted by Crippen LogP contribution is 2.43. The van der Waals surface area contributed by atoms with E-state index >= 15 is 0 Å². The van der Waals surface area contributed by atoms with Gasteiger partial charge in [-0.2, -0.15) is 0 Å². The third-order valence-corrected chi connectivity index (χ3v) is 6.84. The zero-order chi connectivity index (χ0) is 26.7. The standard InChI is InChI=1S/C25H38N4O7/c26-12-4-1-5-19(27)21(31)28-15-17(22(32)33)14-25(10-2-3-11-25)24(36)29-20(23(34)35)13-16-6-8-18(30)9-7-16/h6-9,17,19-20,30H,1-5,10-15,26-27H2,(H,28,31)(H,29,36)(H,32,33)(H,34,35)/t17-,19-,20-/m0/s1. The first-order chi connectivity index (χ1) is 17.1. The number of nitrogens with one attached hydrogen (secondary N) is 2. The summed E-state index contributed by atoms with van der Waals surface area (Å²) in [5.74, 6) is -4.30. The molecule has 0 saturated heterocycles. The van der Waals surface area contributed by atoms with Crippen molar-refractivity contribution >= 4 is 23.8 Å². The van der Waals surface area contributed by atoms with Gasteiger partial charge in [0.25, 0.3) is 0 Å². The van der Waals surface area contributed by atoms with Crippen LogP contribution < -0.4 is 22.1 Å². The van der Waals surface area contributed by atoms with Crippen LogP contribution in [0.1, 0.15) is 56.9 Å². The van der Waals surface area contributed by atoms with Gasteiger partial charge in [-0.05, 0) is 56.3 Å². The molecule has 0 heterocycles.